The van der Waals surface area contributed by atoms with E-state index >= 15 is 0 Å². The summed E-state index contributed by atoms with van der Waals surface area (Å²) >= 11 is 0. The van der Waals surface area contributed by atoms with E-state index in [2.05, 4.69) is 11.8 Å². The summed E-state index contributed by atoms with van der Waals surface area (Å²) < 4.78 is 62.3. The molecule has 4 nitrogen and oxygen atoms in total. The number of alkyl halides is 2. The van der Waals surface area contributed by atoms with Gasteiger partial charge in [0.05, 0.1) is 6.54 Å². The van der Waals surface area contributed by atoms with E-state index in [4.69, 9.17) is 5.11 Å². The molecule has 110 valence electrons. The van der Waals surface area contributed by atoms with E-state index in [0.29, 0.717) is 4.31 Å². The number of nitrogens with zero attached hydrogens (tertiary/aromatic N) is 1. The van der Waals surface area contributed by atoms with E-state index < -0.39 is 40.3 Å². The van der Waals surface area contributed by atoms with Crippen molar-refractivity contribution in [2.24, 2.45) is 0 Å². The van der Waals surface area contributed by atoms with Crippen molar-refractivity contribution in [2.75, 3.05) is 20.2 Å². The summed E-state index contributed by atoms with van der Waals surface area (Å²) in [7, 11) is -3.38. The zero-order valence-corrected chi connectivity index (χ0v) is 11.3. The van der Waals surface area contributed by atoms with Crippen LogP contribution in [0, 0.1) is 17.7 Å². The van der Waals surface area contributed by atoms with E-state index in [-0.39, 0.29) is 5.56 Å². The highest BCUT2D eigenvalue weighted by molar-refractivity contribution is 7.89. The van der Waals surface area contributed by atoms with Crippen molar-refractivity contribution in [2.45, 2.75) is 11.3 Å². The molecular formula is C12H12F3NO3S. The molecule has 0 radical (unpaired) electrons. The molecule has 1 aromatic carbocycles. The highest BCUT2D eigenvalue weighted by Crippen LogP contribution is 2.20. The van der Waals surface area contributed by atoms with Gasteiger partial charge < -0.3 is 5.11 Å². The monoisotopic (exact) mass is 307 g/mol. The van der Waals surface area contributed by atoms with Crippen molar-refractivity contribution >= 4 is 10.0 Å². The molecule has 0 bridgehead atoms. The van der Waals surface area contributed by atoms with Crippen molar-refractivity contribution in [3.8, 4) is 11.8 Å². The lowest BCUT2D eigenvalue weighted by Crippen LogP contribution is -2.32. The van der Waals surface area contributed by atoms with Gasteiger partial charge in [-0.2, -0.15) is 4.31 Å². The average Bonchev–Trinajstić information content (AvgIpc) is 2.35. The minimum absolute atomic E-state index is 0.173. The van der Waals surface area contributed by atoms with Crippen molar-refractivity contribution in [1.82, 2.24) is 4.31 Å². The van der Waals surface area contributed by atoms with Crippen LogP contribution in [-0.2, 0) is 10.0 Å². The van der Waals surface area contributed by atoms with Crippen LogP contribution in [0.25, 0.3) is 0 Å². The van der Waals surface area contributed by atoms with Crippen LogP contribution in [0.3, 0.4) is 0 Å². The maximum absolute atomic E-state index is 13.7. The number of rotatable bonds is 4. The van der Waals surface area contributed by atoms with Crippen molar-refractivity contribution in [3.05, 3.63) is 29.6 Å². The second-order valence-electron chi connectivity index (χ2n) is 3.78. The van der Waals surface area contributed by atoms with Gasteiger partial charge in [0.15, 0.2) is 0 Å². The zero-order chi connectivity index (χ0) is 15.3. The molecule has 8 heteroatoms. The lowest BCUT2D eigenvalue weighted by molar-refractivity contribution is 0.126. The quantitative estimate of drug-likeness (QED) is 0.846. The Labute approximate surface area is 114 Å². The fraction of sp³-hybridized carbons (Fsp3) is 0.333. The molecule has 1 N–H and O–H groups in total. The van der Waals surface area contributed by atoms with Gasteiger partial charge in [-0.25, -0.2) is 21.6 Å². The fourth-order valence-corrected chi connectivity index (χ4v) is 2.58. The number of hydrogen-bond donors (Lipinski definition) is 1. The van der Waals surface area contributed by atoms with Crippen molar-refractivity contribution in [1.29, 1.82) is 0 Å². The summed E-state index contributed by atoms with van der Waals surface area (Å²) in [6.07, 6.45) is -2.85. The van der Waals surface area contributed by atoms with E-state index in [1.165, 1.54) is 6.07 Å². The zero-order valence-electron chi connectivity index (χ0n) is 10.5. The maximum atomic E-state index is 13.7. The Bertz CT molecular complexity index is 635. The van der Waals surface area contributed by atoms with Gasteiger partial charge >= 0.3 is 0 Å². The summed E-state index contributed by atoms with van der Waals surface area (Å²) in [5, 5.41) is 8.50. The number of benzene rings is 1. The van der Waals surface area contributed by atoms with Gasteiger partial charge in [-0.15, -0.1) is 0 Å². The van der Waals surface area contributed by atoms with Gasteiger partial charge in [-0.3, -0.25) is 0 Å². The predicted octanol–water partition coefficient (Wildman–Crippen LogP) is 1.06. The minimum Gasteiger partial charge on any atom is -0.384 e. The van der Waals surface area contributed by atoms with Crippen LogP contribution in [0.2, 0.25) is 0 Å². The number of halogens is 3. The minimum atomic E-state index is -4.32. The number of aliphatic hydroxyl groups is 1. The van der Waals surface area contributed by atoms with Gasteiger partial charge in [0.1, 0.15) is 17.3 Å². The molecule has 0 atom stereocenters. The van der Waals surface area contributed by atoms with Crippen molar-refractivity contribution in [3.63, 3.8) is 0 Å². The van der Waals surface area contributed by atoms with Gasteiger partial charge in [-0.1, -0.05) is 11.8 Å². The molecule has 0 amide bonds. The third-order valence-corrected chi connectivity index (χ3v) is 4.18. The van der Waals surface area contributed by atoms with E-state index in [9.17, 15) is 21.6 Å². The number of aliphatic hydroxyl groups excluding tert-OH is 1. The Kier molecular flexibility index (Phi) is 5.56. The molecule has 1 aromatic rings. The Morgan fingerprint density at radius 2 is 2.05 bits per heavy atom. The van der Waals surface area contributed by atoms with Crippen LogP contribution in [-0.4, -0.2) is 44.5 Å². The molecule has 0 aliphatic carbocycles. The van der Waals surface area contributed by atoms with Crippen molar-refractivity contribution < 1.29 is 26.7 Å². The first-order valence-electron chi connectivity index (χ1n) is 5.42. The van der Waals surface area contributed by atoms with Crippen LogP contribution >= 0.6 is 0 Å². The third kappa shape index (κ3) is 3.96. The first kappa shape index (κ1) is 16.5. The molecule has 0 saturated carbocycles. The van der Waals surface area contributed by atoms with Crippen LogP contribution in [0.1, 0.15) is 5.56 Å². The highest BCUT2D eigenvalue weighted by Gasteiger charge is 2.26. The molecule has 0 aliphatic rings. The molecule has 0 aliphatic heterocycles. The Balaban J connectivity index is 3.14. The Morgan fingerprint density at radius 3 is 2.55 bits per heavy atom. The molecule has 0 spiro atoms. The van der Waals surface area contributed by atoms with Crippen LogP contribution in [0.5, 0.6) is 0 Å². The van der Waals surface area contributed by atoms with E-state index in [1.54, 1.807) is 0 Å². The summed E-state index contributed by atoms with van der Waals surface area (Å²) in [6.45, 7) is -1.44. The first-order chi connectivity index (χ1) is 9.28. The van der Waals surface area contributed by atoms with Gasteiger partial charge in [0, 0.05) is 12.6 Å². The maximum Gasteiger partial charge on any atom is 0.252 e. The van der Waals surface area contributed by atoms with E-state index in [0.717, 1.165) is 19.2 Å². The van der Waals surface area contributed by atoms with Gasteiger partial charge in [0.25, 0.3) is 6.43 Å². The largest absolute Gasteiger partial charge is 0.384 e. The third-order valence-electron chi connectivity index (χ3n) is 2.33. The number of sulfonamides is 1. The molecule has 0 aromatic heterocycles. The second-order valence-corrected chi connectivity index (χ2v) is 5.80. The highest BCUT2D eigenvalue weighted by atomic mass is 32.2. The first-order valence-corrected chi connectivity index (χ1v) is 6.87. The molecule has 0 heterocycles. The van der Waals surface area contributed by atoms with Crippen LogP contribution < -0.4 is 0 Å². The summed E-state index contributed by atoms with van der Waals surface area (Å²) in [5.74, 6) is 3.60. The summed E-state index contributed by atoms with van der Waals surface area (Å²) in [6, 6.07) is 3.05. The Hall–Kier alpha value is -1.56. The lowest BCUT2D eigenvalue weighted by atomic mass is 10.2. The molecule has 0 unspecified atom stereocenters. The molecule has 0 saturated heterocycles. The molecule has 1 rings (SSSR count). The van der Waals surface area contributed by atoms with E-state index in [1.807, 2.05) is 0 Å². The topological polar surface area (TPSA) is 57.6 Å². The van der Waals surface area contributed by atoms with Gasteiger partial charge in [0.2, 0.25) is 10.0 Å². The number of hydrogen-bond acceptors (Lipinski definition) is 3. The van der Waals surface area contributed by atoms with Crippen LogP contribution in [0.15, 0.2) is 23.1 Å². The standard InChI is InChI=1S/C12H12F3NO3S/c1-16(8-12(14)15)20(18,19)11-5-4-9(3-2-6-17)7-10(11)13/h4-5,7,12,17H,6,8H2,1H3. The summed E-state index contributed by atoms with van der Waals surface area (Å²) in [4.78, 5) is -0.699. The molecule has 20 heavy (non-hydrogen) atoms. The fourth-order valence-electron chi connectivity index (χ4n) is 1.39. The predicted molar refractivity (Wildman–Crippen MR) is 66.2 cm³/mol. The SMILES string of the molecule is CN(CC(F)F)S(=O)(=O)c1ccc(C#CCO)cc1F. The normalized spacial score (nSPS) is 11.6. The average molecular weight is 307 g/mol. The molecular weight excluding hydrogens is 295 g/mol. The second kappa shape index (κ2) is 6.74. The Morgan fingerprint density at radius 1 is 1.40 bits per heavy atom. The molecule has 0 fully saturated rings. The lowest BCUT2D eigenvalue weighted by Gasteiger charge is -2.17. The van der Waals surface area contributed by atoms with Gasteiger partial charge in [-0.05, 0) is 18.2 Å². The smallest absolute Gasteiger partial charge is 0.252 e. The summed E-state index contributed by atoms with van der Waals surface area (Å²) in [5.41, 5.74) is 0.173. The van der Waals surface area contributed by atoms with Crippen LogP contribution in [0.4, 0.5) is 13.2 Å².